The molecule has 6 rings (SSSR count). The summed E-state index contributed by atoms with van der Waals surface area (Å²) in [7, 11) is 3.19. The summed E-state index contributed by atoms with van der Waals surface area (Å²) in [6.45, 7) is -0.262. The van der Waals surface area contributed by atoms with E-state index in [0.717, 1.165) is 45.1 Å². The third-order valence-corrected chi connectivity index (χ3v) is 8.03. The number of hydrogen-bond donors (Lipinski definition) is 4. The van der Waals surface area contributed by atoms with Gasteiger partial charge < -0.3 is 30.6 Å². The van der Waals surface area contributed by atoms with E-state index >= 15 is 4.39 Å². The van der Waals surface area contributed by atoms with Crippen LogP contribution >= 0.6 is 0 Å². The maximum absolute atomic E-state index is 15.3. The van der Waals surface area contributed by atoms with Crippen LogP contribution in [0, 0.1) is 5.82 Å². The fourth-order valence-electron chi connectivity index (χ4n) is 5.90. The molecule has 0 unspecified atom stereocenters. The molecule has 0 bridgehead atoms. The van der Waals surface area contributed by atoms with E-state index in [1.165, 1.54) is 6.07 Å². The average Bonchev–Trinajstić information content (AvgIpc) is 3.41. The molecule has 1 atom stereocenters. The number of aliphatic hydroxyl groups excluding tert-OH is 1. The molecule has 0 radical (unpaired) electrons. The molecule has 0 fully saturated rings. The second-order valence-corrected chi connectivity index (χ2v) is 10.6. The van der Waals surface area contributed by atoms with Crippen LogP contribution in [-0.2, 0) is 19.3 Å². The van der Waals surface area contributed by atoms with E-state index in [-0.39, 0.29) is 12.2 Å². The highest BCUT2D eigenvalue weighted by molar-refractivity contribution is 6.03. The smallest absolute Gasteiger partial charge is 0.252 e. The Bertz CT molecular complexity index is 1810. The molecule has 8 heteroatoms. The maximum atomic E-state index is 15.3. The van der Waals surface area contributed by atoms with Crippen LogP contribution in [0.4, 0.5) is 10.1 Å². The lowest BCUT2D eigenvalue weighted by molar-refractivity contribution is 0.0917. The van der Waals surface area contributed by atoms with E-state index in [1.54, 1.807) is 26.4 Å². The molecule has 4 aromatic carbocycles. The topological polar surface area (TPSA) is 110 Å². The summed E-state index contributed by atoms with van der Waals surface area (Å²) in [5.74, 6) is 0.309. The number of para-hydroxylation sites is 1. The molecule has 0 saturated heterocycles. The Balaban J connectivity index is 1.43. The third-order valence-electron chi connectivity index (χ3n) is 8.03. The number of H-pyrrole nitrogens is 1. The zero-order valence-corrected chi connectivity index (χ0v) is 23.5. The highest BCUT2D eigenvalue weighted by Crippen LogP contribution is 2.43. The normalized spacial score (nSPS) is 12.9. The summed E-state index contributed by atoms with van der Waals surface area (Å²) >= 11 is 0. The minimum Gasteiger partial charge on any atom is -0.493 e. The van der Waals surface area contributed by atoms with Gasteiger partial charge in [-0.15, -0.1) is 0 Å². The third kappa shape index (κ3) is 4.94. The molecule has 1 aromatic heterocycles. The highest BCUT2D eigenvalue weighted by Gasteiger charge is 2.26. The summed E-state index contributed by atoms with van der Waals surface area (Å²) < 4.78 is 26.4. The van der Waals surface area contributed by atoms with Crippen LogP contribution in [0.1, 0.15) is 27.0 Å². The van der Waals surface area contributed by atoms with Gasteiger partial charge >= 0.3 is 0 Å². The number of aryl methyl sites for hydroxylation is 2. The quantitative estimate of drug-likeness (QED) is 0.181. The van der Waals surface area contributed by atoms with Gasteiger partial charge in [0.2, 0.25) is 0 Å². The maximum Gasteiger partial charge on any atom is 0.252 e. The Morgan fingerprint density at radius 3 is 2.40 bits per heavy atom. The second kappa shape index (κ2) is 11.2. The minimum atomic E-state index is -0.562. The number of nitrogens with two attached hydrogens (primary N) is 1. The van der Waals surface area contributed by atoms with E-state index in [1.807, 2.05) is 54.7 Å². The van der Waals surface area contributed by atoms with Gasteiger partial charge in [0.05, 0.1) is 26.9 Å². The summed E-state index contributed by atoms with van der Waals surface area (Å²) in [6.07, 6.45) is 3.78. The summed E-state index contributed by atoms with van der Waals surface area (Å²) in [6, 6.07) is 19.4. The molecule has 1 aliphatic rings. The average molecular weight is 566 g/mol. The molecular weight excluding hydrogens is 533 g/mol. The lowest BCUT2D eigenvalue weighted by Gasteiger charge is -2.25. The van der Waals surface area contributed by atoms with E-state index in [0.29, 0.717) is 41.2 Å². The molecule has 1 heterocycles. The second-order valence-electron chi connectivity index (χ2n) is 10.6. The number of methoxy groups -OCH3 is 2. The summed E-state index contributed by atoms with van der Waals surface area (Å²) in [5, 5.41) is 14.3. The number of halogens is 1. The number of nitrogens with one attached hydrogen (secondary N) is 2. The van der Waals surface area contributed by atoms with Gasteiger partial charge in [-0.3, -0.25) is 4.79 Å². The largest absolute Gasteiger partial charge is 0.493 e. The lowest BCUT2D eigenvalue weighted by atomic mass is 9.81. The number of aromatic nitrogens is 1. The predicted octanol–water partition coefficient (Wildman–Crippen LogP) is 5.67. The lowest BCUT2D eigenvalue weighted by Crippen LogP contribution is -2.39. The molecular formula is C34H32FN3O4. The first-order valence-electron chi connectivity index (χ1n) is 13.8. The monoisotopic (exact) mass is 565 g/mol. The Morgan fingerprint density at radius 2 is 1.67 bits per heavy atom. The molecule has 1 amide bonds. The highest BCUT2D eigenvalue weighted by atomic mass is 19.1. The number of carbonyl (C=O) groups is 1. The molecule has 5 aromatic rings. The van der Waals surface area contributed by atoms with Crippen LogP contribution < -0.4 is 20.5 Å². The number of anilines is 1. The Hall–Kier alpha value is -4.82. The number of amides is 1. The first kappa shape index (κ1) is 27.4. The van der Waals surface area contributed by atoms with Crippen molar-refractivity contribution in [3.05, 3.63) is 101 Å². The number of fused-ring (bicyclic) bond motifs is 4. The summed E-state index contributed by atoms with van der Waals surface area (Å²) in [5.41, 5.74) is 13.0. The van der Waals surface area contributed by atoms with Crippen molar-refractivity contribution in [2.24, 2.45) is 0 Å². The standard InChI is InChI=1S/C34H32FN3O4/c1-41-32-13-20-8-7-19-12-28(25-10-9-22(36)14-30(25)35)29(15-26(19)27(20)16-33(32)42-2)34(40)38-23(18-39)11-21-17-37-31-6-4-3-5-24(21)31/h3-6,9-10,12-17,23,37,39H,7-8,11,18,36H2,1-2H3,(H,38,40)/t23-/m1/s1. The van der Waals surface area contributed by atoms with Crippen molar-refractivity contribution in [2.75, 3.05) is 26.6 Å². The predicted molar refractivity (Wildman–Crippen MR) is 163 cm³/mol. The van der Waals surface area contributed by atoms with Gasteiger partial charge in [0.25, 0.3) is 5.91 Å². The molecule has 5 N–H and O–H groups in total. The SMILES string of the molecule is COc1cc2c(cc1OC)-c1cc(C(=O)N[C@@H](CO)Cc3c[nH]c4ccccc34)c(-c3ccc(N)cc3F)cc1CC2. The van der Waals surface area contributed by atoms with Crippen LogP contribution in [0.3, 0.4) is 0 Å². The van der Waals surface area contributed by atoms with Crippen LogP contribution in [0.5, 0.6) is 11.5 Å². The van der Waals surface area contributed by atoms with Crippen molar-refractivity contribution in [1.29, 1.82) is 0 Å². The Kier molecular flexibility index (Phi) is 7.31. The number of nitrogen functional groups attached to an aromatic ring is 1. The number of carbonyl (C=O) groups excluding carboxylic acids is 1. The van der Waals surface area contributed by atoms with E-state index < -0.39 is 17.8 Å². The van der Waals surface area contributed by atoms with Gasteiger partial charge in [0.1, 0.15) is 5.82 Å². The van der Waals surface area contributed by atoms with Crippen LogP contribution in [0.25, 0.3) is 33.2 Å². The van der Waals surface area contributed by atoms with Crippen molar-refractivity contribution < 1.29 is 23.8 Å². The van der Waals surface area contributed by atoms with Gasteiger partial charge in [-0.05, 0) is 101 Å². The van der Waals surface area contributed by atoms with Crippen LogP contribution in [0.15, 0.2) is 72.9 Å². The molecule has 0 aliphatic heterocycles. The van der Waals surface area contributed by atoms with Crippen molar-refractivity contribution in [3.8, 4) is 33.8 Å². The van der Waals surface area contributed by atoms with Gasteiger partial charge in [0.15, 0.2) is 11.5 Å². The number of rotatable bonds is 8. The molecule has 0 saturated carbocycles. The number of aliphatic hydroxyl groups is 1. The van der Waals surface area contributed by atoms with Crippen LogP contribution in [0.2, 0.25) is 0 Å². The van der Waals surface area contributed by atoms with Gasteiger partial charge in [-0.2, -0.15) is 0 Å². The van der Waals surface area contributed by atoms with Crippen molar-refractivity contribution in [1.82, 2.24) is 10.3 Å². The number of aromatic amines is 1. The first-order chi connectivity index (χ1) is 20.4. The molecule has 42 heavy (non-hydrogen) atoms. The number of hydrogen-bond acceptors (Lipinski definition) is 5. The fourth-order valence-corrected chi connectivity index (χ4v) is 5.90. The Morgan fingerprint density at radius 1 is 0.952 bits per heavy atom. The molecule has 214 valence electrons. The van der Waals surface area contributed by atoms with E-state index in [4.69, 9.17) is 15.2 Å². The zero-order valence-electron chi connectivity index (χ0n) is 23.5. The van der Waals surface area contributed by atoms with Crippen molar-refractivity contribution in [3.63, 3.8) is 0 Å². The van der Waals surface area contributed by atoms with Crippen LogP contribution in [-0.4, -0.2) is 42.9 Å². The van der Waals surface area contributed by atoms with Crippen molar-refractivity contribution >= 4 is 22.5 Å². The number of ether oxygens (including phenoxy) is 2. The first-order valence-corrected chi connectivity index (χ1v) is 13.8. The van der Waals surface area contributed by atoms with Gasteiger partial charge in [-0.25, -0.2) is 4.39 Å². The zero-order chi connectivity index (χ0) is 29.4. The number of benzene rings is 4. The van der Waals surface area contributed by atoms with Gasteiger partial charge in [-0.1, -0.05) is 18.2 Å². The minimum absolute atomic E-state index is 0.262. The molecule has 0 spiro atoms. The molecule has 7 nitrogen and oxygen atoms in total. The summed E-state index contributed by atoms with van der Waals surface area (Å²) in [4.78, 5) is 17.2. The Labute approximate surface area is 243 Å². The van der Waals surface area contributed by atoms with E-state index in [2.05, 4.69) is 10.3 Å². The fraction of sp³-hybridized carbons (Fsp3) is 0.206. The molecule has 1 aliphatic carbocycles. The van der Waals surface area contributed by atoms with Crippen molar-refractivity contribution in [2.45, 2.75) is 25.3 Å². The van der Waals surface area contributed by atoms with E-state index in [9.17, 15) is 9.90 Å². The van der Waals surface area contributed by atoms with Gasteiger partial charge in [0, 0.05) is 33.9 Å².